The normalized spacial score (nSPS) is 14.9. The largest absolute Gasteiger partial charge is 0.352 e. The van der Waals surface area contributed by atoms with Crippen LogP contribution < -0.4 is 11.1 Å². The summed E-state index contributed by atoms with van der Waals surface area (Å²) in [5.41, 5.74) is 9.19. The fraction of sp³-hybridized carbons (Fsp3) is 0.588. The van der Waals surface area contributed by atoms with Gasteiger partial charge in [0.2, 0.25) is 0 Å². The standard InChI is InChI=1S/C17H26N2O/c1-2-4-13(9-10-18)12-19-17(20)16-8-7-14-5-3-6-15(14)11-16/h7-8,11,13H,2-6,9-10,12,18H2,1H3,(H,19,20). The predicted molar refractivity (Wildman–Crippen MR) is 82.9 cm³/mol. The van der Waals surface area contributed by atoms with Gasteiger partial charge in [-0.15, -0.1) is 0 Å². The van der Waals surface area contributed by atoms with E-state index in [1.807, 2.05) is 6.07 Å². The van der Waals surface area contributed by atoms with Crippen molar-refractivity contribution in [2.24, 2.45) is 11.7 Å². The highest BCUT2D eigenvalue weighted by molar-refractivity contribution is 5.94. The molecule has 1 aromatic rings. The average molecular weight is 274 g/mol. The maximum absolute atomic E-state index is 12.2. The number of rotatable bonds is 7. The van der Waals surface area contributed by atoms with Crippen molar-refractivity contribution in [2.45, 2.75) is 45.4 Å². The summed E-state index contributed by atoms with van der Waals surface area (Å²) in [6.45, 7) is 3.60. The minimum Gasteiger partial charge on any atom is -0.352 e. The second-order valence-corrected chi connectivity index (χ2v) is 5.78. The van der Waals surface area contributed by atoms with Gasteiger partial charge in [-0.25, -0.2) is 0 Å². The summed E-state index contributed by atoms with van der Waals surface area (Å²) in [6, 6.07) is 6.13. The Morgan fingerprint density at radius 3 is 2.85 bits per heavy atom. The molecule has 0 aromatic heterocycles. The van der Waals surface area contributed by atoms with Crippen molar-refractivity contribution in [3.8, 4) is 0 Å². The quantitative estimate of drug-likeness (QED) is 0.803. The van der Waals surface area contributed by atoms with Crippen molar-refractivity contribution in [1.82, 2.24) is 5.32 Å². The van der Waals surface area contributed by atoms with Gasteiger partial charge in [-0.3, -0.25) is 4.79 Å². The first kappa shape index (κ1) is 15.0. The lowest BCUT2D eigenvalue weighted by Gasteiger charge is -2.16. The van der Waals surface area contributed by atoms with E-state index in [0.717, 1.165) is 44.2 Å². The first-order chi connectivity index (χ1) is 9.74. The fourth-order valence-corrected chi connectivity index (χ4v) is 3.04. The third-order valence-electron chi connectivity index (χ3n) is 4.18. The number of benzene rings is 1. The van der Waals surface area contributed by atoms with Crippen LogP contribution in [-0.4, -0.2) is 19.0 Å². The molecule has 1 atom stereocenters. The zero-order valence-corrected chi connectivity index (χ0v) is 12.5. The first-order valence-corrected chi connectivity index (χ1v) is 7.84. The second-order valence-electron chi connectivity index (χ2n) is 5.78. The molecule has 110 valence electrons. The second kappa shape index (κ2) is 7.44. The van der Waals surface area contributed by atoms with Crippen molar-refractivity contribution in [2.75, 3.05) is 13.1 Å². The van der Waals surface area contributed by atoms with E-state index in [2.05, 4.69) is 24.4 Å². The molecule has 0 heterocycles. The molecule has 1 aliphatic carbocycles. The summed E-state index contributed by atoms with van der Waals surface area (Å²) in [4.78, 5) is 12.2. The smallest absolute Gasteiger partial charge is 0.251 e. The third-order valence-corrected chi connectivity index (χ3v) is 4.18. The number of hydrogen-bond donors (Lipinski definition) is 2. The highest BCUT2D eigenvalue weighted by Crippen LogP contribution is 2.22. The van der Waals surface area contributed by atoms with Crippen molar-refractivity contribution in [3.05, 3.63) is 34.9 Å². The molecule has 0 spiro atoms. The molecular formula is C17H26N2O. The Hall–Kier alpha value is -1.35. The number of fused-ring (bicyclic) bond motifs is 1. The highest BCUT2D eigenvalue weighted by Gasteiger charge is 2.15. The van der Waals surface area contributed by atoms with Crippen LogP contribution in [0.25, 0.3) is 0 Å². The Kier molecular flexibility index (Phi) is 5.60. The molecule has 1 aliphatic rings. The summed E-state index contributed by atoms with van der Waals surface area (Å²) in [6.07, 6.45) is 6.74. The molecule has 3 N–H and O–H groups in total. The molecular weight excluding hydrogens is 248 g/mol. The van der Waals surface area contributed by atoms with Crippen LogP contribution in [0.3, 0.4) is 0 Å². The molecule has 1 amide bonds. The molecule has 2 rings (SSSR count). The number of nitrogens with one attached hydrogen (secondary N) is 1. The van der Waals surface area contributed by atoms with E-state index in [1.165, 1.54) is 17.5 Å². The molecule has 3 heteroatoms. The fourth-order valence-electron chi connectivity index (χ4n) is 3.04. The molecule has 1 unspecified atom stereocenters. The van der Waals surface area contributed by atoms with Crippen molar-refractivity contribution in [1.29, 1.82) is 0 Å². The van der Waals surface area contributed by atoms with E-state index in [0.29, 0.717) is 12.5 Å². The van der Waals surface area contributed by atoms with Gasteiger partial charge in [-0.2, -0.15) is 0 Å². The van der Waals surface area contributed by atoms with Crippen LogP contribution in [0.4, 0.5) is 0 Å². The molecule has 0 fully saturated rings. The maximum Gasteiger partial charge on any atom is 0.251 e. The van der Waals surface area contributed by atoms with Gasteiger partial charge in [0, 0.05) is 12.1 Å². The Morgan fingerprint density at radius 2 is 2.10 bits per heavy atom. The van der Waals surface area contributed by atoms with E-state index < -0.39 is 0 Å². The number of hydrogen-bond acceptors (Lipinski definition) is 2. The molecule has 0 radical (unpaired) electrons. The molecule has 1 aromatic carbocycles. The van der Waals surface area contributed by atoms with Crippen LogP contribution in [0.2, 0.25) is 0 Å². The molecule has 20 heavy (non-hydrogen) atoms. The van der Waals surface area contributed by atoms with E-state index in [1.54, 1.807) is 0 Å². The molecule has 0 saturated carbocycles. The van der Waals surface area contributed by atoms with Crippen molar-refractivity contribution < 1.29 is 4.79 Å². The van der Waals surface area contributed by atoms with E-state index in [4.69, 9.17) is 5.73 Å². The average Bonchev–Trinajstić information content (AvgIpc) is 2.92. The number of carbonyl (C=O) groups excluding carboxylic acids is 1. The Labute approximate surface area is 121 Å². The Bertz CT molecular complexity index is 450. The van der Waals surface area contributed by atoms with Crippen molar-refractivity contribution >= 4 is 5.91 Å². The number of carbonyl (C=O) groups is 1. The Morgan fingerprint density at radius 1 is 1.30 bits per heavy atom. The van der Waals surface area contributed by atoms with Crippen LogP contribution in [0.5, 0.6) is 0 Å². The van der Waals surface area contributed by atoms with Gasteiger partial charge < -0.3 is 11.1 Å². The predicted octanol–water partition coefficient (Wildman–Crippen LogP) is 2.67. The minimum atomic E-state index is 0.0535. The molecule has 0 aliphatic heterocycles. The SMILES string of the molecule is CCCC(CCN)CNC(=O)c1ccc2c(c1)CCC2. The van der Waals surface area contributed by atoms with E-state index in [9.17, 15) is 4.79 Å². The van der Waals surface area contributed by atoms with Crippen LogP contribution >= 0.6 is 0 Å². The third kappa shape index (κ3) is 3.83. The molecule has 0 bridgehead atoms. The zero-order chi connectivity index (χ0) is 14.4. The highest BCUT2D eigenvalue weighted by atomic mass is 16.1. The number of aryl methyl sites for hydroxylation is 2. The topological polar surface area (TPSA) is 55.1 Å². The zero-order valence-electron chi connectivity index (χ0n) is 12.5. The monoisotopic (exact) mass is 274 g/mol. The minimum absolute atomic E-state index is 0.0535. The molecule has 0 saturated heterocycles. The number of amides is 1. The lowest BCUT2D eigenvalue weighted by molar-refractivity contribution is 0.0945. The summed E-state index contributed by atoms with van der Waals surface area (Å²) in [5, 5.41) is 3.07. The van der Waals surface area contributed by atoms with Gasteiger partial charge in [0.25, 0.3) is 5.91 Å². The van der Waals surface area contributed by atoms with Gasteiger partial charge >= 0.3 is 0 Å². The lowest BCUT2D eigenvalue weighted by Crippen LogP contribution is -2.30. The maximum atomic E-state index is 12.2. The summed E-state index contributed by atoms with van der Waals surface area (Å²) in [7, 11) is 0. The summed E-state index contributed by atoms with van der Waals surface area (Å²) in [5.74, 6) is 0.557. The van der Waals surface area contributed by atoms with Gasteiger partial charge in [0.1, 0.15) is 0 Å². The van der Waals surface area contributed by atoms with Gasteiger partial charge in [-0.05, 0) is 67.8 Å². The number of nitrogens with two attached hydrogens (primary N) is 1. The van der Waals surface area contributed by atoms with Crippen LogP contribution in [0.15, 0.2) is 18.2 Å². The lowest BCUT2D eigenvalue weighted by atomic mass is 9.99. The van der Waals surface area contributed by atoms with Gasteiger partial charge in [0.15, 0.2) is 0 Å². The van der Waals surface area contributed by atoms with Gasteiger partial charge in [-0.1, -0.05) is 19.4 Å². The van der Waals surface area contributed by atoms with Crippen LogP contribution in [0.1, 0.15) is 54.1 Å². The van der Waals surface area contributed by atoms with Gasteiger partial charge in [0.05, 0.1) is 0 Å². The molecule has 3 nitrogen and oxygen atoms in total. The van der Waals surface area contributed by atoms with Crippen molar-refractivity contribution in [3.63, 3.8) is 0 Å². The van der Waals surface area contributed by atoms with Crippen LogP contribution in [-0.2, 0) is 12.8 Å². The van der Waals surface area contributed by atoms with E-state index in [-0.39, 0.29) is 5.91 Å². The summed E-state index contributed by atoms with van der Waals surface area (Å²) >= 11 is 0. The van der Waals surface area contributed by atoms with Crippen LogP contribution in [0, 0.1) is 5.92 Å². The van der Waals surface area contributed by atoms with E-state index >= 15 is 0 Å². The first-order valence-electron chi connectivity index (χ1n) is 7.84. The Balaban J connectivity index is 1.91. The summed E-state index contributed by atoms with van der Waals surface area (Å²) < 4.78 is 0.